The first kappa shape index (κ1) is 10.7. The van der Waals surface area contributed by atoms with Crippen molar-refractivity contribution < 1.29 is 4.79 Å². The Balaban J connectivity index is 0.000001000. The molecule has 0 saturated carbocycles. The lowest BCUT2D eigenvalue weighted by molar-refractivity contribution is -0.131. The van der Waals surface area contributed by atoms with E-state index in [4.69, 9.17) is 5.73 Å². The lowest BCUT2D eigenvalue weighted by atomic mass is 10.3. The standard InChI is InChI=1S/C7H14N2O.ClH/c1-6(8)7(10)9-4-2-3-5-9;/h6H,2-5,8H2,1H3;1H/t6-;/m1./s1. The van der Waals surface area contributed by atoms with E-state index in [0.29, 0.717) is 0 Å². The monoisotopic (exact) mass is 178 g/mol. The molecule has 1 atom stereocenters. The van der Waals surface area contributed by atoms with Gasteiger partial charge in [-0.05, 0) is 19.8 Å². The first-order chi connectivity index (χ1) is 4.72. The Labute approximate surface area is 73.3 Å². The molecular weight excluding hydrogens is 164 g/mol. The van der Waals surface area contributed by atoms with Crippen molar-refractivity contribution in [2.45, 2.75) is 25.8 Å². The Morgan fingerprint density at radius 3 is 2.27 bits per heavy atom. The highest BCUT2D eigenvalue weighted by molar-refractivity contribution is 5.85. The average molecular weight is 179 g/mol. The van der Waals surface area contributed by atoms with Gasteiger partial charge in [0, 0.05) is 13.1 Å². The third kappa shape index (κ3) is 2.67. The van der Waals surface area contributed by atoms with Crippen LogP contribution in [0.5, 0.6) is 0 Å². The van der Waals surface area contributed by atoms with Gasteiger partial charge in [0.25, 0.3) is 0 Å². The number of nitrogens with zero attached hydrogens (tertiary/aromatic N) is 1. The number of amides is 1. The van der Waals surface area contributed by atoms with Crippen molar-refractivity contribution in [3.63, 3.8) is 0 Å². The molecule has 0 aliphatic carbocycles. The topological polar surface area (TPSA) is 46.3 Å². The second-order valence-electron chi connectivity index (χ2n) is 2.82. The minimum absolute atomic E-state index is 0. The van der Waals surface area contributed by atoms with Crippen molar-refractivity contribution >= 4 is 18.3 Å². The fourth-order valence-electron chi connectivity index (χ4n) is 1.23. The molecule has 0 radical (unpaired) electrons. The van der Waals surface area contributed by atoms with Crippen LogP contribution in [-0.2, 0) is 4.79 Å². The van der Waals surface area contributed by atoms with Crippen LogP contribution in [0, 0.1) is 0 Å². The van der Waals surface area contributed by atoms with Gasteiger partial charge < -0.3 is 10.6 Å². The van der Waals surface area contributed by atoms with Crippen LogP contribution in [-0.4, -0.2) is 29.9 Å². The molecule has 0 aromatic rings. The van der Waals surface area contributed by atoms with E-state index in [0.717, 1.165) is 25.9 Å². The predicted molar refractivity (Wildman–Crippen MR) is 46.7 cm³/mol. The molecule has 66 valence electrons. The van der Waals surface area contributed by atoms with Gasteiger partial charge in [0.15, 0.2) is 0 Å². The largest absolute Gasteiger partial charge is 0.341 e. The lowest BCUT2D eigenvalue weighted by Crippen LogP contribution is -2.40. The van der Waals surface area contributed by atoms with Gasteiger partial charge in [0.1, 0.15) is 0 Å². The van der Waals surface area contributed by atoms with Crippen molar-refractivity contribution in [3.05, 3.63) is 0 Å². The molecule has 1 amide bonds. The van der Waals surface area contributed by atoms with Gasteiger partial charge in [-0.15, -0.1) is 12.4 Å². The molecular formula is C7H15ClN2O. The number of hydrogen-bond donors (Lipinski definition) is 1. The van der Waals surface area contributed by atoms with E-state index in [9.17, 15) is 4.79 Å². The number of carbonyl (C=O) groups is 1. The minimum atomic E-state index is -0.321. The second-order valence-corrected chi connectivity index (χ2v) is 2.82. The van der Waals surface area contributed by atoms with Crippen molar-refractivity contribution in [2.24, 2.45) is 5.73 Å². The van der Waals surface area contributed by atoms with E-state index in [1.807, 2.05) is 4.90 Å². The Kier molecular flexibility index (Phi) is 4.45. The van der Waals surface area contributed by atoms with Gasteiger partial charge in [-0.25, -0.2) is 0 Å². The summed E-state index contributed by atoms with van der Waals surface area (Å²) < 4.78 is 0. The molecule has 1 aliphatic heterocycles. The number of halogens is 1. The maximum absolute atomic E-state index is 11.1. The van der Waals surface area contributed by atoms with Crippen molar-refractivity contribution in [3.8, 4) is 0 Å². The average Bonchev–Trinajstić information content (AvgIpc) is 2.36. The maximum Gasteiger partial charge on any atom is 0.239 e. The second kappa shape index (κ2) is 4.57. The molecule has 11 heavy (non-hydrogen) atoms. The molecule has 0 bridgehead atoms. The van der Waals surface area contributed by atoms with Crippen LogP contribution < -0.4 is 5.73 Å². The normalized spacial score (nSPS) is 19.3. The molecule has 0 spiro atoms. The SMILES string of the molecule is C[C@@H](N)C(=O)N1CCCC1.Cl. The number of hydrogen-bond acceptors (Lipinski definition) is 2. The third-order valence-electron chi connectivity index (χ3n) is 1.81. The summed E-state index contributed by atoms with van der Waals surface area (Å²) in [5.41, 5.74) is 5.42. The summed E-state index contributed by atoms with van der Waals surface area (Å²) in [6.07, 6.45) is 2.27. The predicted octanol–water partition coefficient (Wildman–Crippen LogP) is 0.378. The quantitative estimate of drug-likeness (QED) is 0.631. The van der Waals surface area contributed by atoms with Gasteiger partial charge in [-0.1, -0.05) is 0 Å². The summed E-state index contributed by atoms with van der Waals surface area (Å²) in [7, 11) is 0. The van der Waals surface area contributed by atoms with E-state index >= 15 is 0 Å². The molecule has 0 unspecified atom stereocenters. The van der Waals surface area contributed by atoms with E-state index in [1.54, 1.807) is 6.92 Å². The Bertz CT molecular complexity index is 132. The van der Waals surface area contributed by atoms with Crippen molar-refractivity contribution in [1.29, 1.82) is 0 Å². The number of rotatable bonds is 1. The van der Waals surface area contributed by atoms with Crippen molar-refractivity contribution in [1.82, 2.24) is 4.90 Å². The van der Waals surface area contributed by atoms with Gasteiger partial charge in [-0.2, -0.15) is 0 Å². The molecule has 4 heteroatoms. The first-order valence-electron chi connectivity index (χ1n) is 3.76. The minimum Gasteiger partial charge on any atom is -0.341 e. The summed E-state index contributed by atoms with van der Waals surface area (Å²) >= 11 is 0. The maximum atomic E-state index is 11.1. The lowest BCUT2D eigenvalue weighted by Gasteiger charge is -2.16. The van der Waals surface area contributed by atoms with E-state index < -0.39 is 0 Å². The molecule has 1 fully saturated rings. The zero-order chi connectivity index (χ0) is 7.56. The molecule has 0 aromatic carbocycles. The summed E-state index contributed by atoms with van der Waals surface area (Å²) in [4.78, 5) is 13.0. The smallest absolute Gasteiger partial charge is 0.239 e. The van der Waals surface area contributed by atoms with E-state index in [1.165, 1.54) is 0 Å². The summed E-state index contributed by atoms with van der Waals surface area (Å²) in [6, 6.07) is -0.321. The van der Waals surface area contributed by atoms with Crippen LogP contribution in [0.2, 0.25) is 0 Å². The molecule has 1 saturated heterocycles. The van der Waals surface area contributed by atoms with Crippen LogP contribution in [0.1, 0.15) is 19.8 Å². The van der Waals surface area contributed by atoms with Crippen LogP contribution in [0.15, 0.2) is 0 Å². The highest BCUT2D eigenvalue weighted by atomic mass is 35.5. The highest BCUT2D eigenvalue weighted by Crippen LogP contribution is 2.07. The third-order valence-corrected chi connectivity index (χ3v) is 1.81. The van der Waals surface area contributed by atoms with Gasteiger partial charge in [0.2, 0.25) is 5.91 Å². The van der Waals surface area contributed by atoms with Gasteiger partial charge in [-0.3, -0.25) is 4.79 Å². The van der Waals surface area contributed by atoms with Crippen LogP contribution >= 0.6 is 12.4 Å². The number of carbonyl (C=O) groups excluding carboxylic acids is 1. The van der Waals surface area contributed by atoms with Crippen LogP contribution in [0.25, 0.3) is 0 Å². The molecule has 1 heterocycles. The Hall–Kier alpha value is -0.280. The molecule has 2 N–H and O–H groups in total. The molecule has 1 aliphatic rings. The summed E-state index contributed by atoms with van der Waals surface area (Å²) in [5, 5.41) is 0. The van der Waals surface area contributed by atoms with Gasteiger partial charge in [0.05, 0.1) is 6.04 Å². The highest BCUT2D eigenvalue weighted by Gasteiger charge is 2.19. The Morgan fingerprint density at radius 2 is 1.91 bits per heavy atom. The van der Waals surface area contributed by atoms with Crippen molar-refractivity contribution in [2.75, 3.05) is 13.1 Å². The summed E-state index contributed by atoms with van der Waals surface area (Å²) in [5.74, 6) is 0.0949. The fraction of sp³-hybridized carbons (Fsp3) is 0.857. The summed E-state index contributed by atoms with van der Waals surface area (Å²) in [6.45, 7) is 3.54. The number of nitrogens with two attached hydrogens (primary N) is 1. The Morgan fingerprint density at radius 1 is 1.45 bits per heavy atom. The zero-order valence-corrected chi connectivity index (χ0v) is 7.56. The van der Waals surface area contributed by atoms with Crippen LogP contribution in [0.3, 0.4) is 0 Å². The zero-order valence-electron chi connectivity index (χ0n) is 6.75. The molecule has 3 nitrogen and oxygen atoms in total. The molecule has 0 aromatic heterocycles. The van der Waals surface area contributed by atoms with Crippen LogP contribution in [0.4, 0.5) is 0 Å². The molecule has 1 rings (SSSR count). The van der Waals surface area contributed by atoms with E-state index in [2.05, 4.69) is 0 Å². The first-order valence-corrected chi connectivity index (χ1v) is 3.76. The fourth-order valence-corrected chi connectivity index (χ4v) is 1.23. The van der Waals surface area contributed by atoms with Gasteiger partial charge >= 0.3 is 0 Å². The van der Waals surface area contributed by atoms with E-state index in [-0.39, 0.29) is 24.4 Å². The number of likely N-dealkylation sites (tertiary alicyclic amines) is 1.